The van der Waals surface area contributed by atoms with Gasteiger partial charge >= 0.3 is 6.18 Å². The van der Waals surface area contributed by atoms with Gasteiger partial charge in [0.15, 0.2) is 0 Å². The summed E-state index contributed by atoms with van der Waals surface area (Å²) in [5.74, 6) is -2.23. The topological polar surface area (TPSA) is 48.1 Å². The molecule has 1 aromatic heterocycles. The average molecular weight is 340 g/mol. The van der Waals surface area contributed by atoms with Crippen molar-refractivity contribution in [1.29, 1.82) is 0 Å². The van der Waals surface area contributed by atoms with Crippen LogP contribution in [-0.2, 0) is 0 Å². The van der Waals surface area contributed by atoms with E-state index in [0.29, 0.717) is 11.3 Å². The van der Waals surface area contributed by atoms with Gasteiger partial charge in [-0.05, 0) is 30.3 Å². The molecule has 2 atom stereocenters. The van der Waals surface area contributed by atoms with Gasteiger partial charge in [0.2, 0.25) is 0 Å². The van der Waals surface area contributed by atoms with Crippen molar-refractivity contribution in [1.82, 2.24) is 4.98 Å². The summed E-state index contributed by atoms with van der Waals surface area (Å²) >= 11 is 0. The Kier molecular flexibility index (Phi) is 4.21. The fourth-order valence-corrected chi connectivity index (χ4v) is 2.69. The molecule has 1 aliphatic rings. The Bertz CT molecular complexity index is 743. The van der Waals surface area contributed by atoms with Crippen LogP contribution in [0.5, 0.6) is 5.75 Å². The Morgan fingerprint density at radius 1 is 1.29 bits per heavy atom. The molecule has 0 radical (unpaired) electrons. The first-order valence-electron chi connectivity index (χ1n) is 7.51. The van der Waals surface area contributed by atoms with Gasteiger partial charge in [-0.25, -0.2) is 9.37 Å². The van der Waals surface area contributed by atoms with E-state index in [2.05, 4.69) is 4.98 Å². The monoisotopic (exact) mass is 340 g/mol. The van der Waals surface area contributed by atoms with Crippen molar-refractivity contribution in [2.45, 2.75) is 24.9 Å². The first-order chi connectivity index (χ1) is 11.3. The maximum atomic E-state index is 13.3. The van der Waals surface area contributed by atoms with Gasteiger partial charge in [0.1, 0.15) is 29.8 Å². The van der Waals surface area contributed by atoms with Gasteiger partial charge in [-0.1, -0.05) is 6.92 Å². The summed E-state index contributed by atoms with van der Waals surface area (Å²) in [7, 11) is 0. The minimum Gasteiger partial charge on any atom is -0.490 e. The van der Waals surface area contributed by atoms with E-state index in [4.69, 9.17) is 10.5 Å². The second-order valence-corrected chi connectivity index (χ2v) is 5.86. The van der Waals surface area contributed by atoms with Crippen LogP contribution in [0.2, 0.25) is 0 Å². The van der Waals surface area contributed by atoms with E-state index in [-0.39, 0.29) is 29.5 Å². The van der Waals surface area contributed by atoms with Crippen molar-refractivity contribution in [3.05, 3.63) is 47.4 Å². The summed E-state index contributed by atoms with van der Waals surface area (Å²) in [6.07, 6.45) is -4.41. The Morgan fingerprint density at radius 2 is 1.96 bits per heavy atom. The molecular weight excluding hydrogens is 324 g/mol. The van der Waals surface area contributed by atoms with E-state index in [1.165, 1.54) is 30.3 Å². The molecule has 0 saturated heterocycles. The molecular formula is C17H16F4N2O. The minimum absolute atomic E-state index is 0.0622. The van der Waals surface area contributed by atoms with Gasteiger partial charge in [-0.2, -0.15) is 13.2 Å². The lowest BCUT2D eigenvalue weighted by molar-refractivity contribution is -0.151. The zero-order chi connectivity index (χ0) is 17.5. The number of alkyl halides is 3. The number of benzene rings is 1. The van der Waals surface area contributed by atoms with E-state index >= 15 is 0 Å². The Hall–Kier alpha value is -2.15. The molecule has 128 valence electrons. The quantitative estimate of drug-likeness (QED) is 0.860. The number of aromatic nitrogens is 1. The van der Waals surface area contributed by atoms with Crippen LogP contribution in [0.15, 0.2) is 30.3 Å². The van der Waals surface area contributed by atoms with Gasteiger partial charge < -0.3 is 10.5 Å². The molecule has 3 rings (SSSR count). The molecule has 24 heavy (non-hydrogen) atoms. The SMILES string of the molecule is C[C@H](CN)c1cc2c(c(-c3ccc(F)cc3)n1)OC[C@H]2C(F)(F)F. The first kappa shape index (κ1) is 16.7. The lowest BCUT2D eigenvalue weighted by Gasteiger charge is -2.16. The van der Waals surface area contributed by atoms with Crippen molar-refractivity contribution in [3.8, 4) is 17.0 Å². The van der Waals surface area contributed by atoms with Crippen molar-refractivity contribution in [3.63, 3.8) is 0 Å². The first-order valence-corrected chi connectivity index (χ1v) is 7.51. The van der Waals surface area contributed by atoms with Crippen LogP contribution in [0.3, 0.4) is 0 Å². The third kappa shape index (κ3) is 2.96. The number of hydrogen-bond donors (Lipinski definition) is 1. The maximum Gasteiger partial charge on any atom is 0.399 e. The van der Waals surface area contributed by atoms with Gasteiger partial charge in [-0.3, -0.25) is 0 Å². The Balaban J connectivity index is 2.18. The molecule has 3 nitrogen and oxygen atoms in total. The highest BCUT2D eigenvalue weighted by atomic mass is 19.4. The maximum absolute atomic E-state index is 13.3. The molecule has 1 aliphatic heterocycles. The number of hydrogen-bond acceptors (Lipinski definition) is 3. The van der Waals surface area contributed by atoms with Crippen molar-refractivity contribution in [2.75, 3.05) is 13.2 Å². The fourth-order valence-electron chi connectivity index (χ4n) is 2.69. The van der Waals surface area contributed by atoms with Crippen LogP contribution < -0.4 is 10.5 Å². The summed E-state index contributed by atoms with van der Waals surface area (Å²) in [4.78, 5) is 4.44. The third-order valence-corrected chi connectivity index (χ3v) is 4.16. The second-order valence-electron chi connectivity index (χ2n) is 5.86. The predicted octanol–water partition coefficient (Wildman–Crippen LogP) is 3.99. The van der Waals surface area contributed by atoms with E-state index in [9.17, 15) is 17.6 Å². The van der Waals surface area contributed by atoms with E-state index < -0.39 is 24.5 Å². The number of rotatable bonds is 3. The van der Waals surface area contributed by atoms with Crippen LogP contribution in [0.4, 0.5) is 17.6 Å². The molecule has 7 heteroatoms. The molecule has 0 aliphatic carbocycles. The molecule has 2 aromatic rings. The highest BCUT2D eigenvalue weighted by Crippen LogP contribution is 2.48. The number of nitrogens with zero attached hydrogens (tertiary/aromatic N) is 1. The predicted molar refractivity (Wildman–Crippen MR) is 81.4 cm³/mol. The van der Waals surface area contributed by atoms with Gasteiger partial charge in [0.05, 0.1) is 0 Å². The van der Waals surface area contributed by atoms with Crippen LogP contribution in [0.25, 0.3) is 11.3 Å². The Morgan fingerprint density at radius 3 is 2.54 bits per heavy atom. The summed E-state index contributed by atoms with van der Waals surface area (Å²) in [5, 5.41) is 0. The summed E-state index contributed by atoms with van der Waals surface area (Å²) in [6, 6.07) is 6.83. The van der Waals surface area contributed by atoms with Gasteiger partial charge in [0, 0.05) is 29.3 Å². The van der Waals surface area contributed by atoms with E-state index in [1.807, 2.05) is 0 Å². The largest absolute Gasteiger partial charge is 0.490 e. The average Bonchev–Trinajstić information content (AvgIpc) is 2.98. The van der Waals surface area contributed by atoms with Crippen LogP contribution >= 0.6 is 0 Å². The second kappa shape index (κ2) is 6.05. The third-order valence-electron chi connectivity index (χ3n) is 4.16. The molecule has 0 unspecified atom stereocenters. The zero-order valence-electron chi connectivity index (χ0n) is 12.9. The van der Waals surface area contributed by atoms with E-state index in [1.54, 1.807) is 6.92 Å². The molecule has 1 aromatic carbocycles. The number of fused-ring (bicyclic) bond motifs is 1. The van der Waals surface area contributed by atoms with Crippen molar-refractivity contribution < 1.29 is 22.3 Å². The zero-order valence-corrected chi connectivity index (χ0v) is 12.9. The van der Waals surface area contributed by atoms with E-state index in [0.717, 1.165) is 0 Å². The lowest BCUT2D eigenvalue weighted by atomic mass is 9.95. The van der Waals surface area contributed by atoms with Crippen LogP contribution in [-0.4, -0.2) is 24.3 Å². The molecule has 0 bridgehead atoms. The highest BCUT2D eigenvalue weighted by Gasteiger charge is 2.47. The molecule has 0 fully saturated rings. The van der Waals surface area contributed by atoms with Gasteiger partial charge in [-0.15, -0.1) is 0 Å². The lowest BCUT2D eigenvalue weighted by Crippen LogP contribution is -2.22. The summed E-state index contributed by atoms with van der Waals surface area (Å²) in [5.41, 5.74) is 6.95. The summed E-state index contributed by atoms with van der Waals surface area (Å²) < 4.78 is 58.3. The van der Waals surface area contributed by atoms with Crippen molar-refractivity contribution >= 4 is 0 Å². The Labute approximate surface area is 136 Å². The number of pyridine rings is 1. The van der Waals surface area contributed by atoms with Gasteiger partial charge in [0.25, 0.3) is 0 Å². The molecule has 0 amide bonds. The normalized spacial score (nSPS) is 18.2. The number of halogens is 4. The minimum atomic E-state index is -4.41. The fraction of sp³-hybridized carbons (Fsp3) is 0.353. The smallest absolute Gasteiger partial charge is 0.399 e. The van der Waals surface area contributed by atoms with Crippen LogP contribution in [0, 0.1) is 5.82 Å². The molecule has 2 heterocycles. The van der Waals surface area contributed by atoms with Crippen molar-refractivity contribution in [2.24, 2.45) is 5.73 Å². The standard InChI is InChI=1S/C17H16F4N2O/c1-9(7-22)14-6-12-13(17(19,20)21)8-24-16(12)15(23-14)10-2-4-11(18)5-3-10/h2-6,9,13H,7-8,22H2,1H3/t9-,13-/m1/s1. The van der Waals surface area contributed by atoms with Crippen LogP contribution in [0.1, 0.15) is 30.0 Å². The number of ether oxygens (including phenoxy) is 1. The molecule has 0 spiro atoms. The highest BCUT2D eigenvalue weighted by molar-refractivity contribution is 5.70. The molecule has 2 N–H and O–H groups in total. The summed E-state index contributed by atoms with van der Waals surface area (Å²) in [6.45, 7) is 1.57. The molecule has 0 saturated carbocycles. The number of nitrogens with two attached hydrogens (primary N) is 1.